The Morgan fingerprint density at radius 2 is 2.27 bits per heavy atom. The average molecular weight is 209 g/mol. The van der Waals surface area contributed by atoms with Crippen LogP contribution in [0.3, 0.4) is 0 Å². The highest BCUT2D eigenvalue weighted by molar-refractivity contribution is 5.15. The van der Waals surface area contributed by atoms with Crippen molar-refractivity contribution in [2.45, 2.75) is 32.4 Å². The van der Waals surface area contributed by atoms with Crippen molar-refractivity contribution in [3.8, 4) is 0 Å². The van der Waals surface area contributed by atoms with Crippen molar-refractivity contribution in [1.82, 2.24) is 15.1 Å². The van der Waals surface area contributed by atoms with E-state index in [1.165, 1.54) is 11.3 Å². The first-order valence-corrected chi connectivity index (χ1v) is 5.56. The number of nitrogens with one attached hydrogen (secondary N) is 1. The maximum atomic E-state index is 5.32. The van der Waals surface area contributed by atoms with Gasteiger partial charge in [0.25, 0.3) is 0 Å². The van der Waals surface area contributed by atoms with E-state index in [2.05, 4.69) is 17.3 Å². The average Bonchev–Trinajstić information content (AvgIpc) is 2.59. The monoisotopic (exact) mass is 209 g/mol. The summed E-state index contributed by atoms with van der Waals surface area (Å²) < 4.78 is 7.24. The predicted molar refractivity (Wildman–Crippen MR) is 58.6 cm³/mol. The molecule has 4 nitrogen and oxygen atoms in total. The first-order valence-electron chi connectivity index (χ1n) is 5.56. The minimum Gasteiger partial charge on any atom is -0.381 e. The zero-order chi connectivity index (χ0) is 10.7. The van der Waals surface area contributed by atoms with Gasteiger partial charge in [0, 0.05) is 44.1 Å². The fraction of sp³-hybridized carbons (Fsp3) is 0.727. The van der Waals surface area contributed by atoms with Gasteiger partial charge in [0.2, 0.25) is 0 Å². The molecule has 0 bridgehead atoms. The summed E-state index contributed by atoms with van der Waals surface area (Å²) in [5.74, 6) is 0. The normalized spacial score (nSPS) is 18.3. The maximum Gasteiger partial charge on any atom is 0.0537 e. The molecule has 15 heavy (non-hydrogen) atoms. The van der Waals surface area contributed by atoms with Gasteiger partial charge in [-0.1, -0.05) is 0 Å². The number of hydrogen-bond acceptors (Lipinski definition) is 3. The highest BCUT2D eigenvalue weighted by atomic mass is 16.5. The number of rotatable bonds is 3. The summed E-state index contributed by atoms with van der Waals surface area (Å²) in [6.45, 7) is 4.81. The van der Waals surface area contributed by atoms with Crippen LogP contribution in [0.2, 0.25) is 0 Å². The molecule has 1 fully saturated rings. The maximum absolute atomic E-state index is 5.32. The molecule has 2 rings (SSSR count). The standard InChI is InChI=1S/C11H19N3O/c1-9-10(8-13-14(9)2)7-12-11-3-5-15-6-4-11/h8,11-12H,3-7H2,1-2H3. The van der Waals surface area contributed by atoms with Gasteiger partial charge < -0.3 is 10.1 Å². The van der Waals surface area contributed by atoms with E-state index in [1.54, 1.807) is 0 Å². The van der Waals surface area contributed by atoms with Crippen LogP contribution in [-0.2, 0) is 18.3 Å². The molecule has 1 aliphatic heterocycles. The van der Waals surface area contributed by atoms with Crippen molar-refractivity contribution in [3.05, 3.63) is 17.5 Å². The van der Waals surface area contributed by atoms with Crippen LogP contribution in [0.25, 0.3) is 0 Å². The zero-order valence-electron chi connectivity index (χ0n) is 9.49. The molecule has 1 aromatic rings. The van der Waals surface area contributed by atoms with Gasteiger partial charge in [0.15, 0.2) is 0 Å². The van der Waals surface area contributed by atoms with Crippen LogP contribution in [0.1, 0.15) is 24.1 Å². The molecule has 0 amide bonds. The van der Waals surface area contributed by atoms with Crippen LogP contribution in [0.15, 0.2) is 6.20 Å². The fourth-order valence-electron chi connectivity index (χ4n) is 1.87. The molecular formula is C11H19N3O. The van der Waals surface area contributed by atoms with Crippen molar-refractivity contribution in [2.24, 2.45) is 7.05 Å². The summed E-state index contributed by atoms with van der Waals surface area (Å²) in [4.78, 5) is 0. The van der Waals surface area contributed by atoms with Crippen LogP contribution in [0, 0.1) is 6.92 Å². The van der Waals surface area contributed by atoms with E-state index >= 15 is 0 Å². The number of hydrogen-bond donors (Lipinski definition) is 1. The summed E-state index contributed by atoms with van der Waals surface area (Å²) in [5, 5.41) is 7.79. The Morgan fingerprint density at radius 3 is 2.87 bits per heavy atom. The van der Waals surface area contributed by atoms with Gasteiger partial charge in [-0.2, -0.15) is 5.10 Å². The van der Waals surface area contributed by atoms with E-state index in [1.807, 2.05) is 17.9 Å². The third-order valence-corrected chi connectivity index (χ3v) is 3.14. The molecule has 0 aromatic carbocycles. The molecule has 2 heterocycles. The molecule has 0 unspecified atom stereocenters. The van der Waals surface area contributed by atoms with Crippen LogP contribution in [-0.4, -0.2) is 29.0 Å². The quantitative estimate of drug-likeness (QED) is 0.807. The lowest BCUT2D eigenvalue weighted by atomic mass is 10.1. The molecule has 1 saturated heterocycles. The Bertz CT molecular complexity index is 316. The van der Waals surface area contributed by atoms with E-state index in [-0.39, 0.29) is 0 Å². The minimum atomic E-state index is 0.610. The second kappa shape index (κ2) is 4.77. The molecule has 0 radical (unpaired) electrons. The second-order valence-corrected chi connectivity index (χ2v) is 4.15. The van der Waals surface area contributed by atoms with Crippen LogP contribution < -0.4 is 5.32 Å². The topological polar surface area (TPSA) is 39.1 Å². The van der Waals surface area contributed by atoms with E-state index < -0.39 is 0 Å². The lowest BCUT2D eigenvalue weighted by Crippen LogP contribution is -2.34. The number of aryl methyl sites for hydroxylation is 1. The van der Waals surface area contributed by atoms with E-state index in [0.717, 1.165) is 32.6 Å². The zero-order valence-corrected chi connectivity index (χ0v) is 9.49. The summed E-state index contributed by atoms with van der Waals surface area (Å²) in [5.41, 5.74) is 2.54. The van der Waals surface area contributed by atoms with Gasteiger partial charge in [-0.25, -0.2) is 0 Å². The smallest absolute Gasteiger partial charge is 0.0537 e. The van der Waals surface area contributed by atoms with Crippen molar-refractivity contribution in [3.63, 3.8) is 0 Å². The Morgan fingerprint density at radius 1 is 1.53 bits per heavy atom. The second-order valence-electron chi connectivity index (χ2n) is 4.15. The van der Waals surface area contributed by atoms with Gasteiger partial charge >= 0.3 is 0 Å². The third kappa shape index (κ3) is 2.58. The highest BCUT2D eigenvalue weighted by Gasteiger charge is 2.13. The lowest BCUT2D eigenvalue weighted by molar-refractivity contribution is 0.0776. The molecule has 0 spiro atoms. The molecule has 1 N–H and O–H groups in total. The number of ether oxygens (including phenoxy) is 1. The number of nitrogens with zero attached hydrogens (tertiary/aromatic N) is 2. The summed E-state index contributed by atoms with van der Waals surface area (Å²) >= 11 is 0. The largest absolute Gasteiger partial charge is 0.381 e. The molecule has 0 atom stereocenters. The Kier molecular flexibility index (Phi) is 3.38. The molecule has 0 aliphatic carbocycles. The van der Waals surface area contributed by atoms with Gasteiger partial charge in [0.05, 0.1) is 6.20 Å². The Hall–Kier alpha value is -0.870. The summed E-state index contributed by atoms with van der Waals surface area (Å²) in [6.07, 6.45) is 4.19. The molecule has 1 aromatic heterocycles. The third-order valence-electron chi connectivity index (χ3n) is 3.14. The lowest BCUT2D eigenvalue weighted by Gasteiger charge is -2.23. The van der Waals surface area contributed by atoms with E-state index in [4.69, 9.17) is 4.74 Å². The van der Waals surface area contributed by atoms with Gasteiger partial charge in [-0.3, -0.25) is 4.68 Å². The van der Waals surface area contributed by atoms with Gasteiger partial charge in [0.1, 0.15) is 0 Å². The predicted octanol–water partition coefficient (Wildman–Crippen LogP) is 0.997. The Labute approximate surface area is 90.6 Å². The number of aromatic nitrogens is 2. The van der Waals surface area contributed by atoms with Crippen molar-refractivity contribution < 1.29 is 4.74 Å². The van der Waals surface area contributed by atoms with Crippen LogP contribution in [0.4, 0.5) is 0 Å². The van der Waals surface area contributed by atoms with Crippen molar-refractivity contribution in [1.29, 1.82) is 0 Å². The van der Waals surface area contributed by atoms with Crippen molar-refractivity contribution in [2.75, 3.05) is 13.2 Å². The molecule has 1 aliphatic rings. The molecule has 4 heteroatoms. The molecular weight excluding hydrogens is 190 g/mol. The van der Waals surface area contributed by atoms with Crippen LogP contribution >= 0.6 is 0 Å². The fourth-order valence-corrected chi connectivity index (χ4v) is 1.87. The summed E-state index contributed by atoms with van der Waals surface area (Å²) in [7, 11) is 1.98. The first kappa shape index (κ1) is 10.6. The highest BCUT2D eigenvalue weighted by Crippen LogP contribution is 2.09. The van der Waals surface area contributed by atoms with Crippen molar-refractivity contribution >= 4 is 0 Å². The van der Waals surface area contributed by atoms with E-state index in [9.17, 15) is 0 Å². The van der Waals surface area contributed by atoms with Gasteiger partial charge in [-0.15, -0.1) is 0 Å². The van der Waals surface area contributed by atoms with E-state index in [0.29, 0.717) is 6.04 Å². The minimum absolute atomic E-state index is 0.610. The Balaban J connectivity index is 1.84. The van der Waals surface area contributed by atoms with Crippen LogP contribution in [0.5, 0.6) is 0 Å². The SMILES string of the molecule is Cc1c(CNC2CCOCC2)cnn1C. The summed E-state index contributed by atoms with van der Waals surface area (Å²) in [6, 6.07) is 0.610. The van der Waals surface area contributed by atoms with Gasteiger partial charge in [-0.05, 0) is 19.8 Å². The molecule has 84 valence electrons. The first-order chi connectivity index (χ1) is 7.27. The molecule has 0 saturated carbocycles.